The van der Waals surface area contributed by atoms with Gasteiger partial charge in [0.2, 0.25) is 0 Å². The molecule has 1 aliphatic carbocycles. The van der Waals surface area contributed by atoms with Gasteiger partial charge in [0.25, 0.3) is 0 Å². The molecular weight excluding hydrogens is 184 g/mol. The molecule has 0 heterocycles. The molecule has 0 spiro atoms. The molecule has 1 aromatic rings. The van der Waals surface area contributed by atoms with Gasteiger partial charge >= 0.3 is 0 Å². The van der Waals surface area contributed by atoms with Crippen molar-refractivity contribution in [1.29, 1.82) is 0 Å². The number of allylic oxidation sites excluding steroid dienone is 1. The monoisotopic (exact) mass is 200 g/mol. The summed E-state index contributed by atoms with van der Waals surface area (Å²) in [4.78, 5) is 11.4. The lowest BCUT2D eigenvalue weighted by Gasteiger charge is -2.24. The number of rotatable bonds is 1. The third-order valence-electron chi connectivity index (χ3n) is 3.24. The molecule has 0 aliphatic heterocycles. The first-order valence-electron chi connectivity index (χ1n) is 5.45. The third-order valence-corrected chi connectivity index (χ3v) is 3.24. The number of benzene rings is 1. The van der Waals surface area contributed by atoms with E-state index in [1.807, 2.05) is 0 Å². The molecule has 78 valence electrons. The fourth-order valence-electron chi connectivity index (χ4n) is 2.31. The van der Waals surface area contributed by atoms with E-state index in [0.717, 1.165) is 18.4 Å². The molecule has 1 aromatic carbocycles. The summed E-state index contributed by atoms with van der Waals surface area (Å²) in [5.41, 5.74) is 3.50. The Labute approximate surface area is 90.8 Å². The average Bonchev–Trinajstić information content (AvgIpc) is 2.23. The first-order chi connectivity index (χ1) is 7.18. The average molecular weight is 200 g/mol. The van der Waals surface area contributed by atoms with Crippen molar-refractivity contribution >= 4 is 5.78 Å². The van der Waals surface area contributed by atoms with Gasteiger partial charge in [-0.2, -0.15) is 0 Å². The quantitative estimate of drug-likeness (QED) is 0.635. The molecule has 2 rings (SSSR count). The normalized spacial score (nSPS) is 21.8. The summed E-state index contributed by atoms with van der Waals surface area (Å²) in [6, 6.07) is 8.43. The highest BCUT2D eigenvalue weighted by molar-refractivity contribution is 5.95. The van der Waals surface area contributed by atoms with Crippen molar-refractivity contribution in [3.63, 3.8) is 0 Å². The van der Waals surface area contributed by atoms with Crippen LogP contribution in [0, 0.1) is 6.92 Å². The van der Waals surface area contributed by atoms with Crippen LogP contribution in [0.3, 0.4) is 0 Å². The van der Waals surface area contributed by atoms with E-state index in [-0.39, 0.29) is 5.78 Å². The van der Waals surface area contributed by atoms with Gasteiger partial charge in [0, 0.05) is 6.42 Å². The Hall–Kier alpha value is -1.37. The van der Waals surface area contributed by atoms with Crippen molar-refractivity contribution in [3.05, 3.63) is 47.5 Å². The molecule has 0 N–H and O–H groups in total. The Bertz CT molecular complexity index is 404. The predicted molar refractivity (Wildman–Crippen MR) is 61.9 cm³/mol. The van der Waals surface area contributed by atoms with Crippen LogP contribution >= 0.6 is 0 Å². The van der Waals surface area contributed by atoms with E-state index in [4.69, 9.17) is 0 Å². The Kier molecular flexibility index (Phi) is 2.72. The van der Waals surface area contributed by atoms with Crippen LogP contribution < -0.4 is 0 Å². The van der Waals surface area contributed by atoms with Crippen LogP contribution in [0.25, 0.3) is 0 Å². The molecular formula is C14H16O. The Morgan fingerprint density at radius 1 is 1.33 bits per heavy atom. The van der Waals surface area contributed by atoms with Crippen molar-refractivity contribution in [2.45, 2.75) is 32.1 Å². The molecule has 15 heavy (non-hydrogen) atoms. The molecule has 0 bridgehead atoms. The minimum absolute atomic E-state index is 0.250. The van der Waals surface area contributed by atoms with E-state index in [0.29, 0.717) is 12.3 Å². The lowest BCUT2D eigenvalue weighted by molar-refractivity contribution is -0.116. The second-order valence-corrected chi connectivity index (χ2v) is 4.32. The van der Waals surface area contributed by atoms with Crippen LogP contribution in [0.4, 0.5) is 0 Å². The SMILES string of the molecule is C=C1CC(c2ccccc2C)CCC1=O. The van der Waals surface area contributed by atoms with Gasteiger partial charge in [-0.05, 0) is 42.4 Å². The molecule has 1 atom stereocenters. The summed E-state index contributed by atoms with van der Waals surface area (Å²) in [6.45, 7) is 5.98. The maximum absolute atomic E-state index is 11.4. The van der Waals surface area contributed by atoms with E-state index in [1.54, 1.807) is 0 Å². The Morgan fingerprint density at radius 2 is 2.07 bits per heavy atom. The van der Waals surface area contributed by atoms with E-state index in [1.165, 1.54) is 11.1 Å². The van der Waals surface area contributed by atoms with E-state index in [9.17, 15) is 4.79 Å². The second kappa shape index (κ2) is 4.01. The van der Waals surface area contributed by atoms with Gasteiger partial charge in [0.05, 0.1) is 0 Å². The zero-order valence-corrected chi connectivity index (χ0v) is 9.12. The summed E-state index contributed by atoms with van der Waals surface area (Å²) in [7, 11) is 0. The summed E-state index contributed by atoms with van der Waals surface area (Å²) < 4.78 is 0. The predicted octanol–water partition coefficient (Wildman–Crippen LogP) is 3.39. The van der Waals surface area contributed by atoms with Crippen molar-refractivity contribution < 1.29 is 4.79 Å². The van der Waals surface area contributed by atoms with Gasteiger partial charge in [-0.1, -0.05) is 30.8 Å². The summed E-state index contributed by atoms with van der Waals surface area (Å²) >= 11 is 0. The highest BCUT2D eigenvalue weighted by atomic mass is 16.1. The lowest BCUT2D eigenvalue weighted by Crippen LogP contribution is -2.15. The zero-order chi connectivity index (χ0) is 10.8. The fourth-order valence-corrected chi connectivity index (χ4v) is 2.31. The fraction of sp³-hybridized carbons (Fsp3) is 0.357. The molecule has 0 saturated heterocycles. The summed E-state index contributed by atoms with van der Waals surface area (Å²) in [5.74, 6) is 0.747. The molecule has 0 amide bonds. The van der Waals surface area contributed by atoms with Crippen LogP contribution in [-0.4, -0.2) is 5.78 Å². The van der Waals surface area contributed by atoms with Crippen LogP contribution in [0.1, 0.15) is 36.3 Å². The number of hydrogen-bond acceptors (Lipinski definition) is 1. The lowest BCUT2D eigenvalue weighted by atomic mass is 9.80. The van der Waals surface area contributed by atoms with Gasteiger partial charge in [-0.15, -0.1) is 0 Å². The number of aryl methyl sites for hydroxylation is 1. The molecule has 1 heteroatoms. The maximum Gasteiger partial charge on any atom is 0.158 e. The molecule has 0 radical (unpaired) electrons. The van der Waals surface area contributed by atoms with Gasteiger partial charge < -0.3 is 0 Å². The first-order valence-corrected chi connectivity index (χ1v) is 5.45. The van der Waals surface area contributed by atoms with Gasteiger partial charge in [-0.25, -0.2) is 0 Å². The van der Waals surface area contributed by atoms with Crippen LogP contribution in [-0.2, 0) is 4.79 Å². The minimum Gasteiger partial charge on any atom is -0.295 e. The topological polar surface area (TPSA) is 17.1 Å². The summed E-state index contributed by atoms with van der Waals surface area (Å²) in [6.07, 6.45) is 2.48. The first kappa shape index (κ1) is 10.2. The van der Waals surface area contributed by atoms with E-state index < -0.39 is 0 Å². The molecule has 1 saturated carbocycles. The van der Waals surface area contributed by atoms with Crippen molar-refractivity contribution in [2.75, 3.05) is 0 Å². The third kappa shape index (κ3) is 2.01. The number of Topliss-reactive ketones (excluding diaryl/α,β-unsaturated/α-hetero) is 1. The van der Waals surface area contributed by atoms with Crippen LogP contribution in [0.5, 0.6) is 0 Å². The summed E-state index contributed by atoms with van der Waals surface area (Å²) in [5, 5.41) is 0. The molecule has 1 nitrogen and oxygen atoms in total. The van der Waals surface area contributed by atoms with Gasteiger partial charge in [-0.3, -0.25) is 4.79 Å². The molecule has 1 unspecified atom stereocenters. The Balaban J connectivity index is 2.23. The Morgan fingerprint density at radius 3 is 2.73 bits per heavy atom. The second-order valence-electron chi connectivity index (χ2n) is 4.32. The minimum atomic E-state index is 0.250. The van der Waals surface area contributed by atoms with Crippen LogP contribution in [0.15, 0.2) is 36.4 Å². The standard InChI is InChI=1S/C14H16O/c1-10-5-3-4-6-13(10)12-7-8-14(15)11(2)9-12/h3-6,12H,2,7-9H2,1H3. The number of carbonyl (C=O) groups is 1. The van der Waals surface area contributed by atoms with Crippen molar-refractivity contribution in [2.24, 2.45) is 0 Å². The van der Waals surface area contributed by atoms with Crippen molar-refractivity contribution in [1.82, 2.24) is 0 Å². The molecule has 0 aromatic heterocycles. The largest absolute Gasteiger partial charge is 0.295 e. The van der Waals surface area contributed by atoms with Crippen molar-refractivity contribution in [3.8, 4) is 0 Å². The number of hydrogen-bond donors (Lipinski definition) is 0. The van der Waals surface area contributed by atoms with Crippen LogP contribution in [0.2, 0.25) is 0 Å². The molecule has 1 aliphatic rings. The van der Waals surface area contributed by atoms with E-state index >= 15 is 0 Å². The smallest absolute Gasteiger partial charge is 0.158 e. The number of carbonyl (C=O) groups excluding carboxylic acids is 1. The number of ketones is 1. The maximum atomic E-state index is 11.4. The van der Waals surface area contributed by atoms with Gasteiger partial charge in [0.15, 0.2) is 5.78 Å². The van der Waals surface area contributed by atoms with E-state index in [2.05, 4.69) is 37.8 Å². The zero-order valence-electron chi connectivity index (χ0n) is 9.12. The molecule has 1 fully saturated rings. The van der Waals surface area contributed by atoms with Gasteiger partial charge in [0.1, 0.15) is 0 Å². The highest BCUT2D eigenvalue weighted by Crippen LogP contribution is 2.34. The highest BCUT2D eigenvalue weighted by Gasteiger charge is 2.23.